The van der Waals surface area contributed by atoms with Crippen LogP contribution in [-0.2, 0) is 6.54 Å². The second-order valence-corrected chi connectivity index (χ2v) is 3.26. The highest BCUT2D eigenvalue weighted by Gasteiger charge is 2.12. The summed E-state index contributed by atoms with van der Waals surface area (Å²) < 4.78 is 10.2. The summed E-state index contributed by atoms with van der Waals surface area (Å²) in [4.78, 5) is 0. The molecule has 2 N–H and O–H groups in total. The number of hydrogen-bond donors (Lipinski definition) is 2. The summed E-state index contributed by atoms with van der Waals surface area (Å²) in [6.45, 7) is 0.647. The first-order valence-corrected chi connectivity index (χ1v) is 4.79. The molecule has 2 heterocycles. The molecule has 0 radical (unpaired) electrons. The van der Waals surface area contributed by atoms with Gasteiger partial charge in [0, 0.05) is 12.1 Å². The van der Waals surface area contributed by atoms with Crippen molar-refractivity contribution in [1.82, 2.24) is 5.32 Å². The van der Waals surface area contributed by atoms with Crippen LogP contribution in [0.1, 0.15) is 17.4 Å². The van der Waals surface area contributed by atoms with Crippen LogP contribution in [0.3, 0.4) is 0 Å². The maximum Gasteiger partial charge on any atom is 0.123 e. The molecule has 0 saturated carbocycles. The third-order valence-corrected chi connectivity index (χ3v) is 2.20. The second-order valence-electron chi connectivity index (χ2n) is 3.26. The average Bonchev–Trinajstić information content (AvgIpc) is 2.90. The molecule has 0 aliphatic rings. The molecule has 2 aromatic rings. The lowest BCUT2D eigenvalue weighted by Crippen LogP contribution is -2.23. The molecule has 0 spiro atoms. The Kier molecular flexibility index (Phi) is 3.22. The highest BCUT2D eigenvalue weighted by molar-refractivity contribution is 5.08. The van der Waals surface area contributed by atoms with Gasteiger partial charge in [0.25, 0.3) is 0 Å². The van der Waals surface area contributed by atoms with Gasteiger partial charge in [-0.1, -0.05) is 0 Å². The van der Waals surface area contributed by atoms with Gasteiger partial charge in [-0.15, -0.1) is 0 Å². The molecule has 4 heteroatoms. The summed E-state index contributed by atoms with van der Waals surface area (Å²) in [6.07, 6.45) is 4.89. The maximum absolute atomic E-state index is 9.18. The molecule has 0 aliphatic carbocycles. The molecule has 0 aliphatic heterocycles. The van der Waals surface area contributed by atoms with Crippen molar-refractivity contribution in [3.8, 4) is 0 Å². The molecule has 1 unspecified atom stereocenters. The van der Waals surface area contributed by atoms with Gasteiger partial charge in [-0.25, -0.2) is 0 Å². The molecule has 0 bridgehead atoms. The van der Waals surface area contributed by atoms with E-state index in [-0.39, 0.29) is 12.6 Å². The standard InChI is InChI=1S/C11H13NO3/c13-7-10(11-2-1-4-15-11)12-6-9-3-5-14-8-9/h1-5,8,10,12-13H,6-7H2. The van der Waals surface area contributed by atoms with Gasteiger partial charge < -0.3 is 19.3 Å². The van der Waals surface area contributed by atoms with Gasteiger partial charge >= 0.3 is 0 Å². The van der Waals surface area contributed by atoms with Crippen LogP contribution < -0.4 is 5.32 Å². The predicted molar refractivity (Wildman–Crippen MR) is 54.1 cm³/mol. The van der Waals surface area contributed by atoms with Crippen molar-refractivity contribution in [2.75, 3.05) is 6.61 Å². The highest BCUT2D eigenvalue weighted by Crippen LogP contribution is 2.13. The SMILES string of the molecule is OCC(NCc1ccoc1)c1ccco1. The lowest BCUT2D eigenvalue weighted by atomic mass is 10.2. The van der Waals surface area contributed by atoms with Gasteiger partial charge in [-0.3, -0.25) is 0 Å². The Bertz CT molecular complexity index is 366. The molecule has 0 fully saturated rings. The third-order valence-electron chi connectivity index (χ3n) is 2.20. The molecule has 0 amide bonds. The molecular weight excluding hydrogens is 194 g/mol. The Morgan fingerprint density at radius 3 is 2.87 bits per heavy atom. The fourth-order valence-corrected chi connectivity index (χ4v) is 1.38. The molecule has 80 valence electrons. The monoisotopic (exact) mass is 207 g/mol. The molecule has 15 heavy (non-hydrogen) atoms. The quantitative estimate of drug-likeness (QED) is 0.783. The van der Waals surface area contributed by atoms with Crippen LogP contribution in [0.2, 0.25) is 0 Å². The zero-order valence-electron chi connectivity index (χ0n) is 8.22. The van der Waals surface area contributed by atoms with Crippen LogP contribution >= 0.6 is 0 Å². The molecule has 4 nitrogen and oxygen atoms in total. The Balaban J connectivity index is 1.92. The van der Waals surface area contributed by atoms with Gasteiger partial charge in [0.05, 0.1) is 31.4 Å². The van der Waals surface area contributed by atoms with E-state index in [4.69, 9.17) is 8.83 Å². The van der Waals surface area contributed by atoms with Crippen molar-refractivity contribution in [3.05, 3.63) is 48.3 Å². The van der Waals surface area contributed by atoms with Gasteiger partial charge in [0.2, 0.25) is 0 Å². The van der Waals surface area contributed by atoms with Crippen molar-refractivity contribution in [2.45, 2.75) is 12.6 Å². The summed E-state index contributed by atoms with van der Waals surface area (Å²) in [5, 5.41) is 12.4. The van der Waals surface area contributed by atoms with Gasteiger partial charge in [-0.05, 0) is 18.2 Å². The summed E-state index contributed by atoms with van der Waals surface area (Å²) in [5.41, 5.74) is 1.04. The van der Waals surface area contributed by atoms with Crippen LogP contribution in [0.15, 0.2) is 45.8 Å². The summed E-state index contributed by atoms with van der Waals surface area (Å²) in [5.74, 6) is 0.737. The van der Waals surface area contributed by atoms with Crippen LogP contribution in [-0.4, -0.2) is 11.7 Å². The van der Waals surface area contributed by atoms with Crippen LogP contribution in [0, 0.1) is 0 Å². The first-order valence-electron chi connectivity index (χ1n) is 4.79. The Labute approximate surface area is 87.5 Å². The van der Waals surface area contributed by atoms with E-state index < -0.39 is 0 Å². The van der Waals surface area contributed by atoms with Crippen molar-refractivity contribution in [1.29, 1.82) is 0 Å². The predicted octanol–water partition coefficient (Wildman–Crippen LogP) is 1.70. The minimum absolute atomic E-state index is 0.00532. The third kappa shape index (κ3) is 2.49. The van der Waals surface area contributed by atoms with Crippen LogP contribution in [0.5, 0.6) is 0 Å². The molecule has 1 atom stereocenters. The Morgan fingerprint density at radius 2 is 2.27 bits per heavy atom. The number of furan rings is 2. The van der Waals surface area contributed by atoms with E-state index in [2.05, 4.69) is 5.32 Å². The molecule has 0 aromatic carbocycles. The summed E-state index contributed by atoms with van der Waals surface area (Å²) >= 11 is 0. The Hall–Kier alpha value is -1.52. The van der Waals surface area contributed by atoms with E-state index in [9.17, 15) is 5.11 Å². The molecule has 0 saturated heterocycles. The topological polar surface area (TPSA) is 58.5 Å². The van der Waals surface area contributed by atoms with E-state index in [1.807, 2.05) is 12.1 Å². The number of hydrogen-bond acceptors (Lipinski definition) is 4. The zero-order valence-corrected chi connectivity index (χ0v) is 8.22. The maximum atomic E-state index is 9.18. The molecular formula is C11H13NO3. The first-order chi connectivity index (χ1) is 7.40. The minimum atomic E-state index is -0.171. The second kappa shape index (κ2) is 4.82. The van der Waals surface area contributed by atoms with E-state index in [1.165, 1.54) is 0 Å². The number of rotatable bonds is 5. The molecule has 2 rings (SSSR count). The van der Waals surface area contributed by atoms with E-state index >= 15 is 0 Å². The van der Waals surface area contributed by atoms with Gasteiger partial charge in [0.1, 0.15) is 5.76 Å². The van der Waals surface area contributed by atoms with Crippen LogP contribution in [0.4, 0.5) is 0 Å². The van der Waals surface area contributed by atoms with Gasteiger partial charge in [0.15, 0.2) is 0 Å². The zero-order chi connectivity index (χ0) is 10.5. The lowest BCUT2D eigenvalue weighted by molar-refractivity contribution is 0.225. The van der Waals surface area contributed by atoms with Crippen molar-refractivity contribution in [3.63, 3.8) is 0 Å². The lowest BCUT2D eigenvalue weighted by Gasteiger charge is -2.12. The van der Waals surface area contributed by atoms with E-state index in [1.54, 1.807) is 24.9 Å². The van der Waals surface area contributed by atoms with Crippen molar-refractivity contribution >= 4 is 0 Å². The Morgan fingerprint density at radius 1 is 1.33 bits per heavy atom. The fraction of sp³-hybridized carbons (Fsp3) is 0.273. The van der Waals surface area contributed by atoms with Crippen molar-refractivity contribution in [2.24, 2.45) is 0 Å². The van der Waals surface area contributed by atoms with Crippen LogP contribution in [0.25, 0.3) is 0 Å². The first kappa shape index (κ1) is 10.0. The van der Waals surface area contributed by atoms with Gasteiger partial charge in [-0.2, -0.15) is 0 Å². The number of aliphatic hydroxyl groups excluding tert-OH is 1. The smallest absolute Gasteiger partial charge is 0.123 e. The normalized spacial score (nSPS) is 12.9. The average molecular weight is 207 g/mol. The highest BCUT2D eigenvalue weighted by atomic mass is 16.3. The number of nitrogens with one attached hydrogen (secondary N) is 1. The summed E-state index contributed by atoms with van der Waals surface area (Å²) in [6, 6.07) is 5.35. The number of aliphatic hydroxyl groups is 1. The molecule has 2 aromatic heterocycles. The van der Waals surface area contributed by atoms with Crippen molar-refractivity contribution < 1.29 is 13.9 Å². The fourth-order valence-electron chi connectivity index (χ4n) is 1.38. The minimum Gasteiger partial charge on any atom is -0.472 e. The van der Waals surface area contributed by atoms with E-state index in [0.717, 1.165) is 11.3 Å². The van der Waals surface area contributed by atoms with E-state index in [0.29, 0.717) is 6.54 Å². The summed E-state index contributed by atoms with van der Waals surface area (Å²) in [7, 11) is 0. The largest absolute Gasteiger partial charge is 0.472 e.